The van der Waals surface area contributed by atoms with E-state index in [1.807, 2.05) is 96.8 Å². The van der Waals surface area contributed by atoms with Gasteiger partial charge in [-0.2, -0.15) is 0 Å². The second-order valence-corrected chi connectivity index (χ2v) is 18.3. The van der Waals surface area contributed by atoms with Gasteiger partial charge in [-0.05, 0) is 103 Å². The number of carbonyl (C=O) groups excluding carboxylic acids is 3. The third-order valence-electron chi connectivity index (χ3n) is 10.1. The summed E-state index contributed by atoms with van der Waals surface area (Å²) < 4.78 is 16.7. The molecule has 64 heavy (non-hydrogen) atoms. The molecule has 1 aromatic heterocycles. The standard InChI is InChI=1S/C17H26N2O2.C17H22N2O2.C16H26N2O2.2CH4/c1-17(2,3)14-6-5-7-15(12-14)21-13-16(20)19-10-8-18(4)9-11-19;1-13(2)14-5-3-7-16(11-14)21-12-17(20)19-10-8-15-6-4-9-18-15;1-16(2,3)13-7-6-8-14(11-13)20-12-15(19)17-9-10-18(4)5;;/h5-7,12H,8-11,13H2,1-4H3;3-7,9,11,13,18H,8,10,12H2,1-2H3,(H,19,20);6-8,11H,9-10,12H2,1-5H3,(H,17,19);2*1H4. The van der Waals surface area contributed by atoms with Gasteiger partial charge < -0.3 is 44.5 Å². The first-order chi connectivity index (χ1) is 29.3. The molecular formula is C52H82N6O6. The lowest BCUT2D eigenvalue weighted by Gasteiger charge is -2.32. The van der Waals surface area contributed by atoms with Gasteiger partial charge in [-0.25, -0.2) is 0 Å². The summed E-state index contributed by atoms with van der Waals surface area (Å²) in [4.78, 5) is 44.7. The maximum absolute atomic E-state index is 12.1. The topological polar surface area (TPSA) is 128 Å². The number of hydrogen-bond donors (Lipinski definition) is 3. The molecule has 1 fully saturated rings. The normalized spacial score (nSPS) is 12.6. The minimum absolute atomic E-state index is 0. The number of H-pyrrole nitrogens is 1. The molecule has 1 aliphatic heterocycles. The molecule has 4 aromatic rings. The highest BCUT2D eigenvalue weighted by atomic mass is 16.5. The van der Waals surface area contributed by atoms with E-state index in [0.717, 1.165) is 62.1 Å². The lowest BCUT2D eigenvalue weighted by atomic mass is 9.87. The number of aromatic nitrogens is 1. The van der Waals surface area contributed by atoms with Gasteiger partial charge in [0, 0.05) is 64.1 Å². The van der Waals surface area contributed by atoms with Crippen molar-refractivity contribution in [3.05, 3.63) is 114 Å². The highest BCUT2D eigenvalue weighted by Gasteiger charge is 2.20. The van der Waals surface area contributed by atoms with Crippen LogP contribution in [0.25, 0.3) is 0 Å². The third-order valence-corrected chi connectivity index (χ3v) is 10.1. The van der Waals surface area contributed by atoms with Gasteiger partial charge in [-0.15, -0.1) is 0 Å². The molecule has 3 aromatic carbocycles. The molecule has 2 heterocycles. The van der Waals surface area contributed by atoms with Crippen LogP contribution in [0.4, 0.5) is 0 Å². The van der Waals surface area contributed by atoms with Crippen LogP contribution in [-0.2, 0) is 31.6 Å². The van der Waals surface area contributed by atoms with Gasteiger partial charge in [0.1, 0.15) is 17.2 Å². The summed E-state index contributed by atoms with van der Waals surface area (Å²) in [7, 11) is 6.03. The van der Waals surface area contributed by atoms with E-state index in [-0.39, 0.29) is 63.2 Å². The first-order valence-electron chi connectivity index (χ1n) is 21.8. The van der Waals surface area contributed by atoms with E-state index in [9.17, 15) is 14.4 Å². The molecular weight excluding hydrogens is 805 g/mol. The Kier molecular flexibility index (Phi) is 25.2. The van der Waals surface area contributed by atoms with Crippen molar-refractivity contribution in [2.45, 2.75) is 93.4 Å². The van der Waals surface area contributed by atoms with Gasteiger partial charge in [0.25, 0.3) is 17.7 Å². The van der Waals surface area contributed by atoms with Crippen molar-refractivity contribution in [3.8, 4) is 17.2 Å². The Bertz CT molecular complexity index is 1920. The fourth-order valence-corrected chi connectivity index (χ4v) is 6.04. The van der Waals surface area contributed by atoms with Crippen LogP contribution in [0.3, 0.4) is 0 Å². The molecule has 356 valence electrons. The van der Waals surface area contributed by atoms with Crippen LogP contribution >= 0.6 is 0 Å². The van der Waals surface area contributed by atoms with Crippen molar-refractivity contribution < 1.29 is 28.6 Å². The monoisotopic (exact) mass is 887 g/mol. The van der Waals surface area contributed by atoms with E-state index in [2.05, 4.69) is 101 Å². The maximum atomic E-state index is 12.1. The van der Waals surface area contributed by atoms with Crippen LogP contribution in [0.15, 0.2) is 91.1 Å². The second-order valence-electron chi connectivity index (χ2n) is 18.3. The SMILES string of the molecule is C.C.CC(C)c1cccc(OCC(=O)NCCc2ccc[nH]2)c1.CN(C)CCNC(=O)COc1cccc(C(C)(C)C)c1.CN1CCN(C(=O)COc2cccc(C(C)(C)C)c2)CC1. The molecule has 12 nitrogen and oxygen atoms in total. The quantitative estimate of drug-likeness (QED) is 0.103. The molecule has 0 radical (unpaired) electrons. The molecule has 1 aliphatic rings. The largest absolute Gasteiger partial charge is 0.484 e. The average Bonchev–Trinajstić information content (AvgIpc) is 3.75. The van der Waals surface area contributed by atoms with Crippen LogP contribution in [0, 0.1) is 0 Å². The van der Waals surface area contributed by atoms with E-state index in [1.165, 1.54) is 16.7 Å². The fraction of sp³-hybridized carbons (Fsp3) is 0.519. The zero-order valence-corrected chi connectivity index (χ0v) is 39.3. The van der Waals surface area contributed by atoms with Gasteiger partial charge in [-0.1, -0.05) is 107 Å². The van der Waals surface area contributed by atoms with Crippen LogP contribution < -0.4 is 24.8 Å². The molecule has 0 atom stereocenters. The van der Waals surface area contributed by atoms with E-state index >= 15 is 0 Å². The lowest BCUT2D eigenvalue weighted by molar-refractivity contribution is -0.135. The summed E-state index contributed by atoms with van der Waals surface area (Å²) in [6.45, 7) is 23.0. The van der Waals surface area contributed by atoms with Crippen LogP contribution in [-0.4, -0.2) is 124 Å². The Hall–Kier alpha value is -5.33. The number of amides is 3. The molecule has 3 N–H and O–H groups in total. The molecule has 0 spiro atoms. The Morgan fingerprint density at radius 3 is 1.62 bits per heavy atom. The molecule has 5 rings (SSSR count). The minimum Gasteiger partial charge on any atom is -0.484 e. The van der Waals surface area contributed by atoms with Crippen molar-refractivity contribution >= 4 is 17.7 Å². The van der Waals surface area contributed by atoms with Crippen LogP contribution in [0.1, 0.15) is 98.5 Å². The number of benzene rings is 3. The zero-order valence-electron chi connectivity index (χ0n) is 39.3. The van der Waals surface area contributed by atoms with E-state index in [1.54, 1.807) is 0 Å². The summed E-state index contributed by atoms with van der Waals surface area (Å²) in [5.74, 6) is 2.57. The number of aromatic amines is 1. The van der Waals surface area contributed by atoms with Gasteiger partial charge >= 0.3 is 0 Å². The summed E-state index contributed by atoms with van der Waals surface area (Å²) in [6.07, 6.45) is 2.67. The van der Waals surface area contributed by atoms with Crippen molar-refractivity contribution in [3.63, 3.8) is 0 Å². The smallest absolute Gasteiger partial charge is 0.260 e. The molecule has 12 heteroatoms. The summed E-state index contributed by atoms with van der Waals surface area (Å²) >= 11 is 0. The predicted molar refractivity (Wildman–Crippen MR) is 264 cm³/mol. The Labute approximate surface area is 386 Å². The van der Waals surface area contributed by atoms with E-state index < -0.39 is 0 Å². The van der Waals surface area contributed by atoms with E-state index in [0.29, 0.717) is 19.0 Å². The third kappa shape index (κ3) is 22.3. The molecule has 0 bridgehead atoms. The van der Waals surface area contributed by atoms with Crippen LogP contribution in [0.2, 0.25) is 0 Å². The van der Waals surface area contributed by atoms with E-state index in [4.69, 9.17) is 14.2 Å². The number of carbonyl (C=O) groups is 3. The number of piperazine rings is 1. The highest BCUT2D eigenvalue weighted by molar-refractivity contribution is 5.78. The number of rotatable bonds is 16. The van der Waals surface area contributed by atoms with Gasteiger partial charge in [-0.3, -0.25) is 14.4 Å². The Morgan fingerprint density at radius 1 is 0.672 bits per heavy atom. The van der Waals surface area contributed by atoms with Gasteiger partial charge in [0.15, 0.2) is 19.8 Å². The fourth-order valence-electron chi connectivity index (χ4n) is 6.04. The number of hydrogen-bond acceptors (Lipinski definition) is 8. The number of nitrogens with zero attached hydrogens (tertiary/aromatic N) is 3. The zero-order chi connectivity index (χ0) is 45.7. The minimum atomic E-state index is -0.100. The Balaban J connectivity index is 0.000000473. The average molecular weight is 887 g/mol. The van der Waals surface area contributed by atoms with Crippen molar-refractivity contribution in [2.24, 2.45) is 0 Å². The van der Waals surface area contributed by atoms with Crippen molar-refractivity contribution in [2.75, 3.05) is 86.8 Å². The molecule has 0 saturated carbocycles. The first-order valence-corrected chi connectivity index (χ1v) is 21.8. The number of ether oxygens (including phenoxy) is 3. The summed E-state index contributed by atoms with van der Waals surface area (Å²) in [6, 6.07) is 27.7. The molecule has 1 saturated heterocycles. The highest BCUT2D eigenvalue weighted by Crippen LogP contribution is 2.27. The van der Waals surface area contributed by atoms with Gasteiger partial charge in [0.2, 0.25) is 0 Å². The number of nitrogens with one attached hydrogen (secondary N) is 3. The Morgan fingerprint density at radius 2 is 1.16 bits per heavy atom. The van der Waals surface area contributed by atoms with Gasteiger partial charge in [0.05, 0.1) is 0 Å². The molecule has 3 amide bonds. The first kappa shape index (κ1) is 56.7. The number of likely N-dealkylation sites (N-methyl/N-ethyl adjacent to an activating group) is 2. The predicted octanol–water partition coefficient (Wildman–Crippen LogP) is 8.33. The lowest BCUT2D eigenvalue weighted by Crippen LogP contribution is -2.48. The van der Waals surface area contributed by atoms with Crippen LogP contribution in [0.5, 0.6) is 17.2 Å². The summed E-state index contributed by atoms with van der Waals surface area (Å²) in [5, 5.41) is 5.67. The second kappa shape index (κ2) is 28.5. The maximum Gasteiger partial charge on any atom is 0.260 e. The van der Waals surface area contributed by atoms with Crippen molar-refractivity contribution in [1.29, 1.82) is 0 Å². The van der Waals surface area contributed by atoms with Crippen molar-refractivity contribution in [1.82, 2.24) is 30.3 Å². The summed E-state index contributed by atoms with van der Waals surface area (Å²) in [5.41, 5.74) is 4.89. The molecule has 0 aliphatic carbocycles. The molecule has 0 unspecified atom stereocenters.